The molecule has 1 aliphatic rings. The number of H-pyrrole nitrogens is 1. The van der Waals surface area contributed by atoms with Crippen LogP contribution in [-0.4, -0.2) is 52.5 Å². The Labute approximate surface area is 135 Å². The quantitative estimate of drug-likeness (QED) is 0.891. The van der Waals surface area contributed by atoms with Crippen molar-refractivity contribution in [3.8, 4) is 0 Å². The lowest BCUT2D eigenvalue weighted by atomic mass is 9.94. The largest absolute Gasteiger partial charge is 0.297 e. The number of nitrogens with one attached hydrogen (secondary N) is 1. The van der Waals surface area contributed by atoms with Crippen LogP contribution >= 0.6 is 0 Å². The number of sulfone groups is 1. The molecule has 0 aromatic carbocycles. The predicted molar refractivity (Wildman–Crippen MR) is 88.2 cm³/mol. The molecule has 0 amide bonds. The first-order chi connectivity index (χ1) is 10.9. The summed E-state index contributed by atoms with van der Waals surface area (Å²) in [5, 5.41) is 2.47. The van der Waals surface area contributed by atoms with Crippen LogP contribution in [0.2, 0.25) is 0 Å². The maximum atomic E-state index is 12.0. The molecule has 8 heteroatoms. The zero-order valence-corrected chi connectivity index (χ0v) is 14.2. The Hall–Kier alpha value is -1.67. The molecule has 0 spiro atoms. The van der Waals surface area contributed by atoms with Crippen LogP contribution in [0.1, 0.15) is 31.4 Å². The van der Waals surface area contributed by atoms with Crippen molar-refractivity contribution in [3.05, 3.63) is 34.4 Å². The van der Waals surface area contributed by atoms with Crippen molar-refractivity contribution >= 4 is 15.5 Å². The highest BCUT2D eigenvalue weighted by Crippen LogP contribution is 2.28. The predicted octanol–water partition coefficient (Wildman–Crippen LogP) is 0.810. The standard InChI is InChI=1S/C15H22N4O3S/c1-18(12-5-3-4-6-13(12)23(2,21)22)10-11-9-15(20)19-14(17-11)7-8-16-19/h7-9,12-13,16H,3-6,10H2,1-2H3/t12-,13-/m0/s1. The summed E-state index contributed by atoms with van der Waals surface area (Å²) in [4.78, 5) is 18.5. The van der Waals surface area contributed by atoms with E-state index in [-0.39, 0.29) is 16.9 Å². The molecular weight excluding hydrogens is 316 g/mol. The normalized spacial score (nSPS) is 22.7. The summed E-state index contributed by atoms with van der Waals surface area (Å²) < 4.78 is 25.5. The number of hydrogen-bond donors (Lipinski definition) is 1. The van der Waals surface area contributed by atoms with E-state index in [2.05, 4.69) is 10.1 Å². The van der Waals surface area contributed by atoms with Gasteiger partial charge < -0.3 is 0 Å². The third kappa shape index (κ3) is 3.32. The van der Waals surface area contributed by atoms with Gasteiger partial charge in [-0.05, 0) is 19.9 Å². The fourth-order valence-electron chi connectivity index (χ4n) is 3.51. The molecule has 2 atom stereocenters. The molecule has 0 saturated heterocycles. The summed E-state index contributed by atoms with van der Waals surface area (Å²) in [6.07, 6.45) is 6.55. The molecule has 0 bridgehead atoms. The van der Waals surface area contributed by atoms with Gasteiger partial charge in [0.05, 0.1) is 10.9 Å². The molecule has 1 aliphatic carbocycles. The molecule has 2 aromatic heterocycles. The molecular formula is C15H22N4O3S. The molecule has 23 heavy (non-hydrogen) atoms. The van der Waals surface area contributed by atoms with Crippen molar-refractivity contribution in [2.24, 2.45) is 0 Å². The SMILES string of the molecule is CN(Cc1cc(=O)n2[nH]ccc2n1)[C@H]1CCCC[C@@H]1S(C)(=O)=O. The van der Waals surface area contributed by atoms with Crippen LogP contribution in [0, 0.1) is 0 Å². The summed E-state index contributed by atoms with van der Waals surface area (Å²) in [6, 6.07) is 3.22. The van der Waals surface area contributed by atoms with Crippen LogP contribution < -0.4 is 5.56 Å². The number of hydrogen-bond acceptors (Lipinski definition) is 5. The van der Waals surface area contributed by atoms with Gasteiger partial charge in [0.25, 0.3) is 5.56 Å². The lowest BCUT2D eigenvalue weighted by Crippen LogP contribution is -2.46. The maximum Gasteiger partial charge on any atom is 0.272 e. The van der Waals surface area contributed by atoms with E-state index in [9.17, 15) is 13.2 Å². The van der Waals surface area contributed by atoms with Gasteiger partial charge in [-0.1, -0.05) is 12.8 Å². The van der Waals surface area contributed by atoms with Crippen molar-refractivity contribution in [1.82, 2.24) is 19.5 Å². The van der Waals surface area contributed by atoms with E-state index in [0.717, 1.165) is 19.3 Å². The van der Waals surface area contributed by atoms with Crippen LogP contribution in [0.3, 0.4) is 0 Å². The van der Waals surface area contributed by atoms with Gasteiger partial charge in [-0.3, -0.25) is 14.8 Å². The highest BCUT2D eigenvalue weighted by Gasteiger charge is 2.35. The molecule has 0 radical (unpaired) electrons. The molecule has 2 aromatic rings. The summed E-state index contributed by atoms with van der Waals surface area (Å²) >= 11 is 0. The van der Waals surface area contributed by atoms with Gasteiger partial charge in [0.2, 0.25) is 0 Å². The monoisotopic (exact) mass is 338 g/mol. The number of aromatic nitrogens is 3. The first-order valence-corrected chi connectivity index (χ1v) is 9.77. The molecule has 1 fully saturated rings. The zero-order valence-electron chi connectivity index (χ0n) is 13.4. The first-order valence-electron chi connectivity index (χ1n) is 7.81. The minimum Gasteiger partial charge on any atom is -0.297 e. The molecule has 7 nitrogen and oxygen atoms in total. The Morgan fingerprint density at radius 2 is 2.13 bits per heavy atom. The molecule has 3 rings (SSSR count). The number of aromatic amines is 1. The van der Waals surface area contributed by atoms with Gasteiger partial charge in [0.1, 0.15) is 0 Å². The second-order valence-electron chi connectivity index (χ2n) is 6.38. The van der Waals surface area contributed by atoms with Crippen LogP contribution in [0.15, 0.2) is 23.1 Å². The Kier molecular flexibility index (Phi) is 4.29. The Balaban J connectivity index is 1.84. The zero-order chi connectivity index (χ0) is 16.6. The fraction of sp³-hybridized carbons (Fsp3) is 0.600. The second kappa shape index (κ2) is 6.09. The number of rotatable bonds is 4. The third-order valence-electron chi connectivity index (χ3n) is 4.63. The Bertz CT molecular complexity index is 855. The van der Waals surface area contributed by atoms with E-state index in [1.165, 1.54) is 16.8 Å². The summed E-state index contributed by atoms with van der Waals surface area (Å²) in [5.74, 6) is 0. The number of nitrogens with zero attached hydrogens (tertiary/aromatic N) is 3. The van der Waals surface area contributed by atoms with Gasteiger partial charge in [-0.2, -0.15) is 0 Å². The molecule has 0 unspecified atom stereocenters. The second-order valence-corrected chi connectivity index (χ2v) is 8.64. The molecule has 1 saturated carbocycles. The molecule has 0 aliphatic heterocycles. The summed E-state index contributed by atoms with van der Waals surface area (Å²) in [7, 11) is -1.17. The van der Waals surface area contributed by atoms with E-state index in [1.807, 2.05) is 11.9 Å². The van der Waals surface area contributed by atoms with E-state index < -0.39 is 9.84 Å². The van der Waals surface area contributed by atoms with Crippen molar-refractivity contribution < 1.29 is 8.42 Å². The van der Waals surface area contributed by atoms with Crippen LogP contribution in [-0.2, 0) is 16.4 Å². The van der Waals surface area contributed by atoms with E-state index >= 15 is 0 Å². The Morgan fingerprint density at radius 3 is 2.87 bits per heavy atom. The number of fused-ring (bicyclic) bond motifs is 1. The molecule has 2 heterocycles. The van der Waals surface area contributed by atoms with E-state index in [0.29, 0.717) is 24.3 Å². The summed E-state index contributed by atoms with van der Waals surface area (Å²) in [6.45, 7) is 0.466. The molecule has 126 valence electrons. The fourth-order valence-corrected chi connectivity index (χ4v) is 5.02. The van der Waals surface area contributed by atoms with Gasteiger partial charge in [-0.25, -0.2) is 17.9 Å². The van der Waals surface area contributed by atoms with Crippen molar-refractivity contribution in [1.29, 1.82) is 0 Å². The van der Waals surface area contributed by atoms with Gasteiger partial charge in [-0.15, -0.1) is 0 Å². The van der Waals surface area contributed by atoms with E-state index in [1.54, 1.807) is 12.3 Å². The molecule has 1 N–H and O–H groups in total. The minimum absolute atomic E-state index is 0.0229. The first kappa shape index (κ1) is 16.2. The summed E-state index contributed by atoms with van der Waals surface area (Å²) in [5.41, 5.74) is 1.07. The van der Waals surface area contributed by atoms with Crippen molar-refractivity contribution in [2.45, 2.75) is 43.5 Å². The Morgan fingerprint density at radius 1 is 1.39 bits per heavy atom. The lowest BCUT2D eigenvalue weighted by molar-refractivity contribution is 0.185. The highest BCUT2D eigenvalue weighted by atomic mass is 32.2. The van der Waals surface area contributed by atoms with Crippen LogP contribution in [0.4, 0.5) is 0 Å². The smallest absolute Gasteiger partial charge is 0.272 e. The van der Waals surface area contributed by atoms with Gasteiger partial charge in [0, 0.05) is 37.2 Å². The van der Waals surface area contributed by atoms with Crippen LogP contribution in [0.25, 0.3) is 5.65 Å². The van der Waals surface area contributed by atoms with Crippen molar-refractivity contribution in [2.75, 3.05) is 13.3 Å². The average molecular weight is 338 g/mol. The third-order valence-corrected chi connectivity index (χ3v) is 6.28. The van der Waals surface area contributed by atoms with Crippen molar-refractivity contribution in [3.63, 3.8) is 0 Å². The van der Waals surface area contributed by atoms with Gasteiger partial charge in [0.15, 0.2) is 15.5 Å². The van der Waals surface area contributed by atoms with Gasteiger partial charge >= 0.3 is 0 Å². The van der Waals surface area contributed by atoms with E-state index in [4.69, 9.17) is 0 Å². The topological polar surface area (TPSA) is 87.5 Å². The lowest BCUT2D eigenvalue weighted by Gasteiger charge is -2.36. The maximum absolute atomic E-state index is 12.0. The average Bonchev–Trinajstić information content (AvgIpc) is 2.95. The van der Waals surface area contributed by atoms with Crippen LogP contribution in [0.5, 0.6) is 0 Å². The minimum atomic E-state index is -3.08. The highest BCUT2D eigenvalue weighted by molar-refractivity contribution is 7.91.